The Balaban J connectivity index is 2.18. The highest BCUT2D eigenvalue weighted by Gasteiger charge is 2.35. The van der Waals surface area contributed by atoms with Gasteiger partial charge >= 0.3 is 5.97 Å². The second-order valence-corrected chi connectivity index (χ2v) is 4.58. The standard InChI is InChI=1S/C11H11BrN2O3/c1-17-11(16)7-4-10(15)14(6-7)8-2-3-13-9(12)5-8/h2-3,5,7H,4,6H2,1H3. The van der Waals surface area contributed by atoms with Crippen LogP contribution in [0.15, 0.2) is 22.9 Å². The summed E-state index contributed by atoms with van der Waals surface area (Å²) in [6.07, 6.45) is 1.81. The van der Waals surface area contributed by atoms with Gasteiger partial charge in [-0.2, -0.15) is 0 Å². The number of esters is 1. The maximum absolute atomic E-state index is 11.8. The highest BCUT2D eigenvalue weighted by atomic mass is 79.9. The lowest BCUT2D eigenvalue weighted by atomic mass is 10.1. The van der Waals surface area contributed by atoms with Crippen LogP contribution in [-0.2, 0) is 14.3 Å². The lowest BCUT2D eigenvalue weighted by molar-refractivity contribution is -0.145. The molecule has 0 radical (unpaired) electrons. The summed E-state index contributed by atoms with van der Waals surface area (Å²) in [6.45, 7) is 0.363. The first-order valence-corrected chi connectivity index (χ1v) is 5.91. The Labute approximate surface area is 107 Å². The molecule has 2 heterocycles. The summed E-state index contributed by atoms with van der Waals surface area (Å²) >= 11 is 3.25. The van der Waals surface area contributed by atoms with E-state index in [1.807, 2.05) is 0 Å². The van der Waals surface area contributed by atoms with Crippen molar-refractivity contribution in [3.8, 4) is 0 Å². The second kappa shape index (κ2) is 4.83. The zero-order valence-corrected chi connectivity index (χ0v) is 10.8. The van der Waals surface area contributed by atoms with Gasteiger partial charge in [-0.1, -0.05) is 0 Å². The number of carbonyl (C=O) groups is 2. The van der Waals surface area contributed by atoms with Crippen LogP contribution in [0.5, 0.6) is 0 Å². The third-order valence-electron chi connectivity index (χ3n) is 2.68. The van der Waals surface area contributed by atoms with Crippen molar-refractivity contribution >= 4 is 33.5 Å². The number of carbonyl (C=O) groups excluding carboxylic acids is 2. The molecule has 2 rings (SSSR count). The number of amides is 1. The molecule has 17 heavy (non-hydrogen) atoms. The van der Waals surface area contributed by atoms with E-state index in [1.54, 1.807) is 23.2 Å². The van der Waals surface area contributed by atoms with Crippen LogP contribution in [0.25, 0.3) is 0 Å². The van der Waals surface area contributed by atoms with Gasteiger partial charge in [-0.05, 0) is 28.1 Å². The van der Waals surface area contributed by atoms with Crippen molar-refractivity contribution in [3.63, 3.8) is 0 Å². The summed E-state index contributed by atoms with van der Waals surface area (Å²) in [5.41, 5.74) is 0.739. The average molecular weight is 299 g/mol. The molecule has 6 heteroatoms. The molecule has 1 fully saturated rings. The Hall–Kier alpha value is -1.43. The van der Waals surface area contributed by atoms with Crippen LogP contribution in [0.1, 0.15) is 6.42 Å². The average Bonchev–Trinajstić information content (AvgIpc) is 2.70. The predicted octanol–water partition coefficient (Wildman–Crippen LogP) is 1.37. The Morgan fingerprint density at radius 1 is 1.65 bits per heavy atom. The second-order valence-electron chi connectivity index (χ2n) is 3.77. The summed E-state index contributed by atoms with van der Waals surface area (Å²) in [6, 6.07) is 3.49. The van der Waals surface area contributed by atoms with Crippen LogP contribution in [-0.4, -0.2) is 30.5 Å². The molecule has 90 valence electrons. The molecule has 0 N–H and O–H groups in total. The van der Waals surface area contributed by atoms with Crippen LogP contribution in [0, 0.1) is 5.92 Å². The Morgan fingerprint density at radius 3 is 3.06 bits per heavy atom. The molecule has 0 aliphatic carbocycles. The minimum Gasteiger partial charge on any atom is -0.469 e. The number of ether oxygens (including phenoxy) is 1. The molecule has 0 aromatic carbocycles. The van der Waals surface area contributed by atoms with Crippen molar-refractivity contribution in [3.05, 3.63) is 22.9 Å². The van der Waals surface area contributed by atoms with Gasteiger partial charge in [0.1, 0.15) is 4.60 Å². The number of anilines is 1. The number of pyridine rings is 1. The molecule has 1 saturated heterocycles. The molecule has 0 saturated carbocycles. The van der Waals surface area contributed by atoms with E-state index >= 15 is 0 Å². The van der Waals surface area contributed by atoms with Gasteiger partial charge < -0.3 is 9.64 Å². The molecule has 5 nitrogen and oxygen atoms in total. The number of hydrogen-bond acceptors (Lipinski definition) is 4. The van der Waals surface area contributed by atoms with E-state index in [-0.39, 0.29) is 24.2 Å². The zero-order valence-electron chi connectivity index (χ0n) is 9.22. The van der Waals surface area contributed by atoms with E-state index in [0.717, 1.165) is 5.69 Å². The normalized spacial score (nSPS) is 19.5. The molecule has 1 atom stereocenters. The molecular weight excluding hydrogens is 288 g/mol. The molecule has 1 unspecified atom stereocenters. The van der Waals surface area contributed by atoms with Crippen molar-refractivity contribution < 1.29 is 14.3 Å². The van der Waals surface area contributed by atoms with Gasteiger partial charge in [0.05, 0.1) is 13.0 Å². The highest BCUT2D eigenvalue weighted by molar-refractivity contribution is 9.10. The summed E-state index contributed by atoms with van der Waals surface area (Å²) < 4.78 is 5.31. The minimum absolute atomic E-state index is 0.0708. The molecule has 1 aromatic rings. The van der Waals surface area contributed by atoms with Crippen molar-refractivity contribution in [1.82, 2.24) is 4.98 Å². The van der Waals surface area contributed by atoms with Crippen molar-refractivity contribution in [2.75, 3.05) is 18.6 Å². The van der Waals surface area contributed by atoms with Gasteiger partial charge in [-0.25, -0.2) is 4.98 Å². The summed E-state index contributed by atoms with van der Waals surface area (Å²) in [5.74, 6) is -0.785. The minimum atomic E-state index is -0.376. The number of methoxy groups -OCH3 is 1. The molecule has 1 aliphatic heterocycles. The largest absolute Gasteiger partial charge is 0.469 e. The lowest BCUT2D eigenvalue weighted by Crippen LogP contribution is -2.26. The van der Waals surface area contributed by atoms with E-state index in [9.17, 15) is 9.59 Å². The third-order valence-corrected chi connectivity index (χ3v) is 3.12. The van der Waals surface area contributed by atoms with Gasteiger partial charge in [-0.3, -0.25) is 9.59 Å². The van der Waals surface area contributed by atoms with Crippen molar-refractivity contribution in [2.45, 2.75) is 6.42 Å². The first-order valence-electron chi connectivity index (χ1n) is 5.11. The molecule has 0 spiro atoms. The Bertz CT molecular complexity index is 464. The van der Waals surface area contributed by atoms with E-state index in [0.29, 0.717) is 11.1 Å². The van der Waals surface area contributed by atoms with Crippen LogP contribution >= 0.6 is 15.9 Å². The van der Waals surface area contributed by atoms with Crippen LogP contribution in [0.3, 0.4) is 0 Å². The van der Waals surface area contributed by atoms with E-state index in [2.05, 4.69) is 25.7 Å². The van der Waals surface area contributed by atoms with Gasteiger partial charge in [0.25, 0.3) is 0 Å². The maximum Gasteiger partial charge on any atom is 0.311 e. The van der Waals surface area contributed by atoms with Gasteiger partial charge in [0.15, 0.2) is 0 Å². The highest BCUT2D eigenvalue weighted by Crippen LogP contribution is 2.26. The zero-order chi connectivity index (χ0) is 12.4. The fraction of sp³-hybridized carbons (Fsp3) is 0.364. The van der Waals surface area contributed by atoms with Crippen molar-refractivity contribution in [1.29, 1.82) is 0 Å². The fourth-order valence-corrected chi connectivity index (χ4v) is 2.19. The number of hydrogen-bond donors (Lipinski definition) is 0. The van der Waals surface area contributed by atoms with Crippen LogP contribution in [0.4, 0.5) is 5.69 Å². The smallest absolute Gasteiger partial charge is 0.311 e. The van der Waals surface area contributed by atoms with Crippen LogP contribution < -0.4 is 4.90 Å². The van der Waals surface area contributed by atoms with Gasteiger partial charge in [0, 0.05) is 24.8 Å². The first-order chi connectivity index (χ1) is 8.11. The number of nitrogens with zero attached hydrogens (tertiary/aromatic N) is 2. The van der Waals surface area contributed by atoms with Crippen molar-refractivity contribution in [2.24, 2.45) is 5.92 Å². The Kier molecular flexibility index (Phi) is 3.42. The van der Waals surface area contributed by atoms with Gasteiger partial charge in [0.2, 0.25) is 5.91 Å². The molecule has 1 amide bonds. The van der Waals surface area contributed by atoms with E-state index in [1.165, 1.54) is 7.11 Å². The molecule has 0 bridgehead atoms. The van der Waals surface area contributed by atoms with Crippen LogP contribution in [0.2, 0.25) is 0 Å². The summed E-state index contributed by atoms with van der Waals surface area (Å²) in [5, 5.41) is 0. The summed E-state index contributed by atoms with van der Waals surface area (Å²) in [4.78, 5) is 28.8. The quantitative estimate of drug-likeness (QED) is 0.611. The summed E-state index contributed by atoms with van der Waals surface area (Å²) in [7, 11) is 1.33. The Morgan fingerprint density at radius 2 is 2.41 bits per heavy atom. The predicted molar refractivity (Wildman–Crippen MR) is 64.4 cm³/mol. The van der Waals surface area contributed by atoms with E-state index < -0.39 is 0 Å². The monoisotopic (exact) mass is 298 g/mol. The molecular formula is C11H11BrN2O3. The van der Waals surface area contributed by atoms with E-state index in [4.69, 9.17) is 0 Å². The topological polar surface area (TPSA) is 59.5 Å². The number of aromatic nitrogens is 1. The first kappa shape index (κ1) is 12.0. The number of halogens is 1. The van der Waals surface area contributed by atoms with Gasteiger partial charge in [-0.15, -0.1) is 0 Å². The molecule has 1 aromatic heterocycles. The SMILES string of the molecule is COC(=O)C1CC(=O)N(c2ccnc(Br)c2)C1. The fourth-order valence-electron chi connectivity index (χ4n) is 1.84. The lowest BCUT2D eigenvalue weighted by Gasteiger charge is -2.16. The number of rotatable bonds is 2. The third kappa shape index (κ3) is 2.46. The molecule has 1 aliphatic rings. The maximum atomic E-state index is 11.8.